The van der Waals surface area contributed by atoms with Crippen molar-refractivity contribution in [3.8, 4) is 0 Å². The average Bonchev–Trinajstić information content (AvgIpc) is 2.77. The minimum Gasteiger partial charge on any atom is -0.271 e. The Labute approximate surface area is 139 Å². The van der Waals surface area contributed by atoms with Crippen LogP contribution in [0, 0.1) is 6.92 Å². The van der Waals surface area contributed by atoms with Gasteiger partial charge in [-0.2, -0.15) is 5.10 Å². The second-order valence-corrected chi connectivity index (χ2v) is 6.56. The van der Waals surface area contributed by atoms with Gasteiger partial charge in [-0.1, -0.05) is 29.4 Å². The van der Waals surface area contributed by atoms with Gasteiger partial charge in [-0.05, 0) is 43.3 Å². The minimum absolute atomic E-state index is 0.751. The van der Waals surface area contributed by atoms with Gasteiger partial charge >= 0.3 is 0 Å². The van der Waals surface area contributed by atoms with Crippen LogP contribution in [0.15, 0.2) is 58.5 Å². The summed E-state index contributed by atoms with van der Waals surface area (Å²) < 4.78 is 1.95. The first-order valence-electron chi connectivity index (χ1n) is 6.99. The summed E-state index contributed by atoms with van der Waals surface area (Å²) in [5.74, 6) is 0. The van der Waals surface area contributed by atoms with E-state index < -0.39 is 0 Å². The molecule has 1 aromatic carbocycles. The average molecular weight is 330 g/mol. The summed E-state index contributed by atoms with van der Waals surface area (Å²) in [5, 5.41) is 5.31. The molecule has 0 fully saturated rings. The lowest BCUT2D eigenvalue weighted by Crippen LogP contribution is -2.01. The van der Waals surface area contributed by atoms with Gasteiger partial charge in [-0.3, -0.25) is 9.67 Å². The van der Waals surface area contributed by atoms with E-state index >= 15 is 0 Å². The van der Waals surface area contributed by atoms with E-state index in [1.807, 2.05) is 67.3 Å². The molecule has 0 aliphatic heterocycles. The van der Waals surface area contributed by atoms with Crippen LogP contribution < -0.4 is 0 Å². The molecule has 5 heteroatoms. The molecule has 0 amide bonds. The highest BCUT2D eigenvalue weighted by Crippen LogP contribution is 2.34. The third-order valence-electron chi connectivity index (χ3n) is 3.39. The molecule has 3 aromatic rings. The van der Waals surface area contributed by atoms with Crippen molar-refractivity contribution >= 4 is 23.4 Å². The molecule has 0 saturated heterocycles. The SMILES string of the molecule is Cc1nn(C)c(Cc2ccccn2)c1Sc1ccc(Cl)cc1. The Balaban J connectivity index is 1.92. The van der Waals surface area contributed by atoms with Crippen LogP contribution in [0.4, 0.5) is 0 Å². The van der Waals surface area contributed by atoms with Gasteiger partial charge in [0.05, 0.1) is 16.3 Å². The van der Waals surface area contributed by atoms with Gasteiger partial charge in [0.15, 0.2) is 0 Å². The summed E-state index contributed by atoms with van der Waals surface area (Å²) in [7, 11) is 1.98. The third-order valence-corrected chi connectivity index (χ3v) is 4.88. The zero-order valence-corrected chi connectivity index (χ0v) is 14.0. The molecule has 3 rings (SSSR count). The van der Waals surface area contributed by atoms with Crippen LogP contribution >= 0.6 is 23.4 Å². The minimum atomic E-state index is 0.751. The van der Waals surface area contributed by atoms with Crippen LogP contribution in [0.25, 0.3) is 0 Å². The lowest BCUT2D eigenvalue weighted by molar-refractivity contribution is 0.710. The largest absolute Gasteiger partial charge is 0.271 e. The van der Waals surface area contributed by atoms with E-state index in [1.54, 1.807) is 11.8 Å². The van der Waals surface area contributed by atoms with Crippen molar-refractivity contribution in [1.82, 2.24) is 14.8 Å². The van der Waals surface area contributed by atoms with Gasteiger partial charge in [-0.25, -0.2) is 0 Å². The Hall–Kier alpha value is -1.78. The molecule has 0 saturated carbocycles. The highest BCUT2D eigenvalue weighted by atomic mass is 35.5. The molecule has 22 heavy (non-hydrogen) atoms. The van der Waals surface area contributed by atoms with Gasteiger partial charge < -0.3 is 0 Å². The summed E-state index contributed by atoms with van der Waals surface area (Å²) in [6, 6.07) is 13.9. The first-order valence-corrected chi connectivity index (χ1v) is 8.19. The van der Waals surface area contributed by atoms with Gasteiger partial charge in [0.25, 0.3) is 0 Å². The molecule has 0 bridgehead atoms. The summed E-state index contributed by atoms with van der Waals surface area (Å²) in [6.45, 7) is 2.04. The molecule has 0 aliphatic carbocycles. The molecule has 112 valence electrons. The number of rotatable bonds is 4. The number of benzene rings is 1. The second kappa shape index (κ2) is 6.55. The highest BCUT2D eigenvalue weighted by Gasteiger charge is 2.15. The van der Waals surface area contributed by atoms with Gasteiger partial charge in [0.2, 0.25) is 0 Å². The number of hydrogen-bond acceptors (Lipinski definition) is 3. The summed E-state index contributed by atoms with van der Waals surface area (Å²) in [6.07, 6.45) is 2.60. The Morgan fingerprint density at radius 1 is 1.14 bits per heavy atom. The maximum absolute atomic E-state index is 5.95. The first-order chi connectivity index (χ1) is 10.6. The Morgan fingerprint density at radius 3 is 2.59 bits per heavy atom. The van der Waals surface area contributed by atoms with E-state index in [9.17, 15) is 0 Å². The summed E-state index contributed by atoms with van der Waals surface area (Å²) in [5.41, 5.74) is 3.26. The van der Waals surface area contributed by atoms with Crippen LogP contribution in [0.3, 0.4) is 0 Å². The van der Waals surface area contributed by atoms with Crippen molar-refractivity contribution in [1.29, 1.82) is 0 Å². The molecular weight excluding hydrogens is 314 g/mol. The predicted octanol–water partition coefficient (Wildman–Crippen LogP) is 4.52. The smallest absolute Gasteiger partial charge is 0.0736 e. The molecular formula is C17H16ClN3S. The van der Waals surface area contributed by atoms with E-state index in [2.05, 4.69) is 10.1 Å². The molecule has 2 aromatic heterocycles. The van der Waals surface area contributed by atoms with Crippen LogP contribution in [0.2, 0.25) is 5.02 Å². The maximum Gasteiger partial charge on any atom is 0.0736 e. The van der Waals surface area contributed by atoms with Crippen LogP contribution in [0.5, 0.6) is 0 Å². The van der Waals surface area contributed by atoms with E-state index in [-0.39, 0.29) is 0 Å². The molecule has 0 radical (unpaired) electrons. The number of halogens is 1. The highest BCUT2D eigenvalue weighted by molar-refractivity contribution is 7.99. The van der Waals surface area contributed by atoms with E-state index in [4.69, 9.17) is 11.6 Å². The predicted molar refractivity (Wildman–Crippen MR) is 90.6 cm³/mol. The fourth-order valence-corrected chi connectivity index (χ4v) is 3.45. The maximum atomic E-state index is 5.95. The fourth-order valence-electron chi connectivity index (χ4n) is 2.31. The number of hydrogen-bond donors (Lipinski definition) is 0. The second-order valence-electron chi connectivity index (χ2n) is 5.04. The van der Waals surface area contributed by atoms with Crippen molar-refractivity contribution in [3.05, 3.63) is 70.8 Å². The summed E-state index contributed by atoms with van der Waals surface area (Å²) >= 11 is 7.67. The molecule has 0 atom stereocenters. The third kappa shape index (κ3) is 3.34. The molecule has 0 spiro atoms. The van der Waals surface area contributed by atoms with E-state index in [0.29, 0.717) is 0 Å². The van der Waals surface area contributed by atoms with E-state index in [1.165, 1.54) is 10.6 Å². The zero-order chi connectivity index (χ0) is 15.5. The molecule has 0 aliphatic rings. The van der Waals surface area contributed by atoms with Crippen LogP contribution in [-0.2, 0) is 13.5 Å². The zero-order valence-electron chi connectivity index (χ0n) is 12.5. The van der Waals surface area contributed by atoms with E-state index in [0.717, 1.165) is 27.7 Å². The molecule has 0 N–H and O–H groups in total. The normalized spacial score (nSPS) is 10.9. The lowest BCUT2D eigenvalue weighted by Gasteiger charge is -2.06. The monoisotopic (exact) mass is 329 g/mol. The first kappa shape index (κ1) is 15.1. The van der Waals surface area contributed by atoms with Crippen molar-refractivity contribution in [2.75, 3.05) is 0 Å². The molecule has 0 unspecified atom stereocenters. The lowest BCUT2D eigenvalue weighted by atomic mass is 10.2. The van der Waals surface area contributed by atoms with Crippen molar-refractivity contribution < 1.29 is 0 Å². The van der Waals surface area contributed by atoms with Crippen LogP contribution in [0.1, 0.15) is 17.1 Å². The fraction of sp³-hybridized carbons (Fsp3) is 0.176. The quantitative estimate of drug-likeness (QED) is 0.705. The molecule has 3 nitrogen and oxygen atoms in total. The Bertz CT molecular complexity index is 767. The topological polar surface area (TPSA) is 30.7 Å². The van der Waals surface area contributed by atoms with Crippen molar-refractivity contribution in [2.45, 2.75) is 23.1 Å². The van der Waals surface area contributed by atoms with Crippen molar-refractivity contribution in [3.63, 3.8) is 0 Å². The number of aryl methyl sites for hydroxylation is 2. The van der Waals surface area contributed by atoms with Gasteiger partial charge in [-0.15, -0.1) is 0 Å². The van der Waals surface area contributed by atoms with Crippen LogP contribution in [-0.4, -0.2) is 14.8 Å². The summed E-state index contributed by atoms with van der Waals surface area (Å²) in [4.78, 5) is 6.76. The van der Waals surface area contributed by atoms with Gasteiger partial charge in [0.1, 0.15) is 0 Å². The number of nitrogens with zero attached hydrogens (tertiary/aromatic N) is 3. The van der Waals surface area contributed by atoms with Crippen molar-refractivity contribution in [2.24, 2.45) is 7.05 Å². The Morgan fingerprint density at radius 2 is 1.91 bits per heavy atom. The molecule has 2 heterocycles. The Kier molecular flexibility index (Phi) is 4.50. The number of aromatic nitrogens is 3. The number of pyridine rings is 1. The van der Waals surface area contributed by atoms with Gasteiger partial charge in [0, 0.05) is 35.3 Å². The standard InChI is InChI=1S/C17H16ClN3S/c1-12-17(22-15-8-6-13(18)7-9-15)16(21(2)20-12)11-14-5-3-4-10-19-14/h3-10H,11H2,1-2H3.